The Labute approximate surface area is 102 Å². The first-order valence-corrected chi connectivity index (χ1v) is 7.28. The van der Waals surface area contributed by atoms with Crippen LogP contribution in [0.15, 0.2) is 29.2 Å². The number of carbonyl (C=O) groups excluding carboxylic acids is 1. The zero-order valence-electron chi connectivity index (χ0n) is 10.2. The maximum absolute atomic E-state index is 11.6. The molecule has 0 atom stereocenters. The Morgan fingerprint density at radius 3 is 2.18 bits per heavy atom. The minimum atomic E-state index is -3.20. The van der Waals surface area contributed by atoms with Gasteiger partial charge in [-0.1, -0.05) is 13.8 Å². The number of hydrogen-bond acceptors (Lipinski definition) is 3. The predicted molar refractivity (Wildman–Crippen MR) is 66.7 cm³/mol. The van der Waals surface area contributed by atoms with Gasteiger partial charge in [0.25, 0.3) is 5.91 Å². The number of carbonyl (C=O) groups is 1. The molecule has 5 heteroatoms. The van der Waals surface area contributed by atoms with Crippen LogP contribution in [0.4, 0.5) is 0 Å². The third-order valence-corrected chi connectivity index (χ3v) is 3.34. The van der Waals surface area contributed by atoms with Gasteiger partial charge in [0.15, 0.2) is 9.84 Å². The molecule has 0 aliphatic rings. The molecule has 1 N–H and O–H groups in total. The number of nitrogens with one attached hydrogen (secondary N) is 1. The van der Waals surface area contributed by atoms with Gasteiger partial charge in [0.1, 0.15) is 0 Å². The molecule has 94 valence electrons. The third kappa shape index (κ3) is 4.19. The molecule has 1 rings (SSSR count). The fourth-order valence-corrected chi connectivity index (χ4v) is 1.88. The van der Waals surface area contributed by atoms with Crippen molar-refractivity contribution in [3.05, 3.63) is 29.8 Å². The molecule has 0 radical (unpaired) electrons. The molecule has 0 aromatic heterocycles. The maximum atomic E-state index is 11.6. The van der Waals surface area contributed by atoms with E-state index in [0.29, 0.717) is 18.0 Å². The van der Waals surface area contributed by atoms with Crippen LogP contribution in [0.25, 0.3) is 0 Å². The van der Waals surface area contributed by atoms with Gasteiger partial charge in [-0.05, 0) is 30.2 Å². The molecular formula is C12H17NO3S. The Bertz CT molecular complexity index is 489. The van der Waals surface area contributed by atoms with Crippen LogP contribution >= 0.6 is 0 Å². The third-order valence-electron chi connectivity index (χ3n) is 2.22. The Morgan fingerprint density at radius 2 is 1.76 bits per heavy atom. The normalized spacial score (nSPS) is 11.5. The molecule has 0 unspecified atom stereocenters. The zero-order valence-corrected chi connectivity index (χ0v) is 11.0. The van der Waals surface area contributed by atoms with Gasteiger partial charge < -0.3 is 5.32 Å². The van der Waals surface area contributed by atoms with Gasteiger partial charge >= 0.3 is 0 Å². The Morgan fingerprint density at radius 1 is 1.24 bits per heavy atom. The molecule has 1 aromatic rings. The van der Waals surface area contributed by atoms with Crippen LogP contribution in [0.2, 0.25) is 0 Å². The second kappa shape index (κ2) is 5.31. The minimum absolute atomic E-state index is 0.182. The van der Waals surface area contributed by atoms with Crippen molar-refractivity contribution in [2.24, 2.45) is 5.92 Å². The first-order valence-electron chi connectivity index (χ1n) is 5.39. The molecule has 0 aliphatic carbocycles. The molecule has 17 heavy (non-hydrogen) atoms. The van der Waals surface area contributed by atoms with E-state index in [-0.39, 0.29) is 10.8 Å². The molecule has 0 spiro atoms. The fraction of sp³-hybridized carbons (Fsp3) is 0.417. The van der Waals surface area contributed by atoms with Crippen molar-refractivity contribution in [1.29, 1.82) is 0 Å². The highest BCUT2D eigenvalue weighted by atomic mass is 32.2. The van der Waals surface area contributed by atoms with E-state index in [2.05, 4.69) is 5.32 Å². The van der Waals surface area contributed by atoms with Crippen LogP contribution in [0.1, 0.15) is 24.2 Å². The maximum Gasteiger partial charge on any atom is 0.251 e. The molecule has 4 nitrogen and oxygen atoms in total. The molecule has 1 aromatic carbocycles. The Hall–Kier alpha value is -1.36. The van der Waals surface area contributed by atoms with Crippen molar-refractivity contribution in [2.45, 2.75) is 18.7 Å². The summed E-state index contributed by atoms with van der Waals surface area (Å²) in [5.74, 6) is 0.202. The Balaban J connectivity index is 2.78. The molecule has 1 amide bonds. The van der Waals surface area contributed by atoms with Crippen molar-refractivity contribution < 1.29 is 13.2 Å². The van der Waals surface area contributed by atoms with Gasteiger partial charge in [0.05, 0.1) is 4.90 Å². The average Bonchev–Trinajstić information content (AvgIpc) is 2.25. The van der Waals surface area contributed by atoms with Crippen molar-refractivity contribution in [3.63, 3.8) is 0 Å². The quantitative estimate of drug-likeness (QED) is 0.886. The van der Waals surface area contributed by atoms with Crippen molar-refractivity contribution in [2.75, 3.05) is 12.8 Å². The average molecular weight is 255 g/mol. The smallest absolute Gasteiger partial charge is 0.251 e. The number of sulfone groups is 1. The van der Waals surface area contributed by atoms with Crippen LogP contribution < -0.4 is 5.32 Å². The lowest BCUT2D eigenvalue weighted by Gasteiger charge is -2.07. The molecule has 0 saturated carbocycles. The summed E-state index contributed by atoms with van der Waals surface area (Å²) in [6.45, 7) is 4.62. The van der Waals surface area contributed by atoms with Gasteiger partial charge in [-0.15, -0.1) is 0 Å². The highest BCUT2D eigenvalue weighted by molar-refractivity contribution is 7.90. The topological polar surface area (TPSA) is 63.2 Å². The van der Waals surface area contributed by atoms with Gasteiger partial charge in [-0.3, -0.25) is 4.79 Å². The second-order valence-electron chi connectivity index (χ2n) is 4.40. The highest BCUT2D eigenvalue weighted by Crippen LogP contribution is 2.10. The first kappa shape index (κ1) is 13.7. The van der Waals surface area contributed by atoms with Crippen molar-refractivity contribution >= 4 is 15.7 Å². The largest absolute Gasteiger partial charge is 0.352 e. The van der Waals surface area contributed by atoms with E-state index < -0.39 is 9.84 Å². The van der Waals surface area contributed by atoms with E-state index in [1.807, 2.05) is 13.8 Å². The molecule has 0 saturated heterocycles. The molecule has 0 bridgehead atoms. The number of rotatable bonds is 4. The van der Waals surface area contributed by atoms with Gasteiger partial charge in [-0.25, -0.2) is 8.42 Å². The lowest BCUT2D eigenvalue weighted by Crippen LogP contribution is -2.27. The highest BCUT2D eigenvalue weighted by Gasteiger charge is 2.09. The van der Waals surface area contributed by atoms with Crippen LogP contribution in [-0.2, 0) is 9.84 Å². The van der Waals surface area contributed by atoms with Gasteiger partial charge in [-0.2, -0.15) is 0 Å². The molecule has 0 heterocycles. The second-order valence-corrected chi connectivity index (χ2v) is 6.42. The molecular weight excluding hydrogens is 238 g/mol. The fourth-order valence-electron chi connectivity index (χ4n) is 1.25. The summed E-state index contributed by atoms with van der Waals surface area (Å²) in [5, 5.41) is 2.77. The standard InChI is InChI=1S/C12H17NO3S/c1-9(2)8-13-12(14)10-4-6-11(7-5-10)17(3,15)16/h4-7,9H,8H2,1-3H3,(H,13,14). The summed E-state index contributed by atoms with van der Waals surface area (Å²) in [4.78, 5) is 11.9. The molecule has 0 fully saturated rings. The Kier molecular flexibility index (Phi) is 4.28. The van der Waals surface area contributed by atoms with Crippen LogP contribution in [-0.4, -0.2) is 27.1 Å². The molecule has 0 aliphatic heterocycles. The van der Waals surface area contributed by atoms with Gasteiger partial charge in [0, 0.05) is 18.4 Å². The van der Waals surface area contributed by atoms with E-state index >= 15 is 0 Å². The number of amides is 1. The monoisotopic (exact) mass is 255 g/mol. The minimum Gasteiger partial charge on any atom is -0.352 e. The van der Waals surface area contributed by atoms with Gasteiger partial charge in [0.2, 0.25) is 0 Å². The summed E-state index contributed by atoms with van der Waals surface area (Å²) < 4.78 is 22.5. The van der Waals surface area contributed by atoms with Crippen molar-refractivity contribution in [1.82, 2.24) is 5.32 Å². The lowest BCUT2D eigenvalue weighted by molar-refractivity contribution is 0.0949. The summed E-state index contributed by atoms with van der Waals surface area (Å²) in [6.07, 6.45) is 1.14. The van der Waals surface area contributed by atoms with E-state index in [1.165, 1.54) is 24.3 Å². The van der Waals surface area contributed by atoms with E-state index in [9.17, 15) is 13.2 Å². The van der Waals surface area contributed by atoms with Crippen LogP contribution in [0.3, 0.4) is 0 Å². The summed E-state index contributed by atoms with van der Waals surface area (Å²) in [7, 11) is -3.20. The van der Waals surface area contributed by atoms with E-state index in [0.717, 1.165) is 6.26 Å². The van der Waals surface area contributed by atoms with E-state index in [4.69, 9.17) is 0 Å². The summed E-state index contributed by atoms with van der Waals surface area (Å²) >= 11 is 0. The summed E-state index contributed by atoms with van der Waals surface area (Å²) in [5.41, 5.74) is 0.470. The van der Waals surface area contributed by atoms with Crippen LogP contribution in [0.5, 0.6) is 0 Å². The van der Waals surface area contributed by atoms with Crippen LogP contribution in [0, 0.1) is 5.92 Å². The van der Waals surface area contributed by atoms with E-state index in [1.54, 1.807) is 0 Å². The summed E-state index contributed by atoms with van der Waals surface area (Å²) in [6, 6.07) is 5.93. The zero-order chi connectivity index (χ0) is 13.1. The predicted octanol–water partition coefficient (Wildman–Crippen LogP) is 1.48. The number of benzene rings is 1. The van der Waals surface area contributed by atoms with Crippen molar-refractivity contribution in [3.8, 4) is 0 Å². The lowest BCUT2D eigenvalue weighted by atomic mass is 10.2. The number of hydrogen-bond donors (Lipinski definition) is 1. The first-order chi connectivity index (χ1) is 7.80. The SMILES string of the molecule is CC(C)CNC(=O)c1ccc(S(C)(=O)=O)cc1.